The summed E-state index contributed by atoms with van der Waals surface area (Å²) in [6.45, 7) is 1.34. The van der Waals surface area contributed by atoms with Crippen LogP contribution in [0.4, 0.5) is 10.1 Å². The second kappa shape index (κ2) is 5.26. The van der Waals surface area contributed by atoms with Crippen LogP contribution in [0, 0.1) is 12.7 Å². The predicted molar refractivity (Wildman–Crippen MR) is 73.3 cm³/mol. The zero-order chi connectivity index (χ0) is 14.9. The summed E-state index contributed by atoms with van der Waals surface area (Å²) < 4.78 is 41.5. The number of aryl methyl sites for hydroxylation is 2. The van der Waals surface area contributed by atoms with E-state index in [1.807, 2.05) is 0 Å². The van der Waals surface area contributed by atoms with Crippen LogP contribution in [0.5, 0.6) is 0 Å². The van der Waals surface area contributed by atoms with E-state index < -0.39 is 15.8 Å². The van der Waals surface area contributed by atoms with Crippen LogP contribution in [0.1, 0.15) is 11.3 Å². The Kier molecular flexibility index (Phi) is 3.82. The number of nitrogens with zero attached hydrogens (tertiary/aromatic N) is 1. The van der Waals surface area contributed by atoms with Crippen LogP contribution >= 0.6 is 0 Å². The minimum absolute atomic E-state index is 0.0185. The largest absolute Gasteiger partial charge is 0.390 e. The average Bonchev–Trinajstić information content (AvgIpc) is 2.76. The maximum Gasteiger partial charge on any atom is 0.263 e. The first-order valence-electron chi connectivity index (χ1n) is 5.88. The molecule has 0 aliphatic carbocycles. The first-order chi connectivity index (χ1) is 9.33. The lowest BCUT2D eigenvalue weighted by Gasteiger charge is -2.07. The van der Waals surface area contributed by atoms with E-state index >= 15 is 0 Å². The number of benzene rings is 1. The van der Waals surface area contributed by atoms with Gasteiger partial charge >= 0.3 is 0 Å². The molecule has 0 unspecified atom stereocenters. The molecule has 7 heteroatoms. The summed E-state index contributed by atoms with van der Waals surface area (Å²) in [7, 11) is -2.17. The number of nitrogens with one attached hydrogen (secondary N) is 1. The maximum absolute atomic E-state index is 13.4. The summed E-state index contributed by atoms with van der Waals surface area (Å²) in [5.74, 6) is -0.477. The van der Waals surface area contributed by atoms with Crippen molar-refractivity contribution in [1.29, 1.82) is 0 Å². The highest BCUT2D eigenvalue weighted by Crippen LogP contribution is 2.20. The SMILES string of the molecule is Cc1ccc(NS(=O)(=O)c2cc(CO)n(C)c2)cc1F. The van der Waals surface area contributed by atoms with E-state index in [0.717, 1.165) is 6.07 Å². The monoisotopic (exact) mass is 298 g/mol. The van der Waals surface area contributed by atoms with Gasteiger partial charge in [0.25, 0.3) is 10.0 Å². The quantitative estimate of drug-likeness (QED) is 0.903. The molecule has 1 heterocycles. The number of aliphatic hydroxyl groups excluding tert-OH is 1. The van der Waals surface area contributed by atoms with Crippen molar-refractivity contribution in [2.24, 2.45) is 7.05 Å². The Bertz CT molecular complexity index is 738. The molecule has 108 valence electrons. The molecule has 0 spiro atoms. The van der Waals surface area contributed by atoms with Gasteiger partial charge in [0.05, 0.1) is 12.3 Å². The number of anilines is 1. The fraction of sp³-hybridized carbons (Fsp3) is 0.231. The molecule has 20 heavy (non-hydrogen) atoms. The molecule has 0 fully saturated rings. The third-order valence-electron chi connectivity index (χ3n) is 2.98. The lowest BCUT2D eigenvalue weighted by molar-refractivity contribution is 0.272. The van der Waals surface area contributed by atoms with Gasteiger partial charge in [0, 0.05) is 18.9 Å². The molecular weight excluding hydrogens is 283 g/mol. The number of hydrogen-bond donors (Lipinski definition) is 2. The van der Waals surface area contributed by atoms with Crippen LogP contribution < -0.4 is 4.72 Å². The number of aliphatic hydroxyl groups is 1. The number of aromatic nitrogens is 1. The number of halogens is 1. The van der Waals surface area contributed by atoms with Gasteiger partial charge in [-0.25, -0.2) is 12.8 Å². The van der Waals surface area contributed by atoms with Gasteiger partial charge < -0.3 is 9.67 Å². The molecule has 2 rings (SSSR count). The van der Waals surface area contributed by atoms with Crippen LogP contribution in [0.3, 0.4) is 0 Å². The Morgan fingerprint density at radius 1 is 1.35 bits per heavy atom. The van der Waals surface area contributed by atoms with Gasteiger partial charge in [-0.1, -0.05) is 6.07 Å². The summed E-state index contributed by atoms with van der Waals surface area (Å²) in [6.07, 6.45) is 1.39. The molecule has 0 saturated heterocycles. The van der Waals surface area contributed by atoms with Crippen molar-refractivity contribution in [3.05, 3.63) is 47.5 Å². The molecule has 0 radical (unpaired) electrons. The molecule has 5 nitrogen and oxygen atoms in total. The molecule has 0 atom stereocenters. The molecule has 0 aliphatic heterocycles. The van der Waals surface area contributed by atoms with E-state index in [9.17, 15) is 12.8 Å². The first-order valence-corrected chi connectivity index (χ1v) is 7.37. The molecule has 0 amide bonds. The van der Waals surface area contributed by atoms with Gasteiger partial charge in [0.1, 0.15) is 10.7 Å². The minimum atomic E-state index is -3.80. The fourth-order valence-corrected chi connectivity index (χ4v) is 2.89. The van der Waals surface area contributed by atoms with Crippen molar-refractivity contribution in [2.45, 2.75) is 18.4 Å². The minimum Gasteiger partial charge on any atom is -0.390 e. The van der Waals surface area contributed by atoms with E-state index in [1.54, 1.807) is 14.0 Å². The van der Waals surface area contributed by atoms with Crippen LogP contribution in [-0.2, 0) is 23.7 Å². The molecule has 0 aliphatic rings. The Labute approximate surface area is 116 Å². The zero-order valence-electron chi connectivity index (χ0n) is 11.1. The van der Waals surface area contributed by atoms with Gasteiger partial charge in [0.15, 0.2) is 0 Å². The Balaban J connectivity index is 2.32. The fourth-order valence-electron chi connectivity index (χ4n) is 1.75. The second-order valence-corrected chi connectivity index (χ2v) is 6.19. The van der Waals surface area contributed by atoms with Crippen molar-refractivity contribution >= 4 is 15.7 Å². The predicted octanol–water partition coefficient (Wildman–Crippen LogP) is 1.77. The van der Waals surface area contributed by atoms with Crippen molar-refractivity contribution in [3.8, 4) is 0 Å². The van der Waals surface area contributed by atoms with Crippen LogP contribution in [0.25, 0.3) is 0 Å². The summed E-state index contributed by atoms with van der Waals surface area (Å²) in [4.78, 5) is 0.0185. The molecule has 0 saturated carbocycles. The normalized spacial score (nSPS) is 11.6. The Morgan fingerprint density at radius 3 is 2.60 bits per heavy atom. The van der Waals surface area contributed by atoms with E-state index in [0.29, 0.717) is 11.3 Å². The molecule has 2 N–H and O–H groups in total. The highest BCUT2D eigenvalue weighted by Gasteiger charge is 2.18. The van der Waals surface area contributed by atoms with Gasteiger partial charge in [-0.2, -0.15) is 0 Å². The van der Waals surface area contributed by atoms with E-state index in [4.69, 9.17) is 5.11 Å². The molecule has 0 bridgehead atoms. The number of sulfonamides is 1. The van der Waals surface area contributed by atoms with E-state index in [1.165, 1.54) is 29.0 Å². The number of hydrogen-bond acceptors (Lipinski definition) is 3. The molecule has 1 aromatic heterocycles. The van der Waals surface area contributed by atoms with E-state index in [-0.39, 0.29) is 17.2 Å². The topological polar surface area (TPSA) is 71.3 Å². The lowest BCUT2D eigenvalue weighted by atomic mass is 10.2. The standard InChI is InChI=1S/C13H15FN2O3S/c1-9-3-4-10(5-13(9)14)15-20(18,19)12-6-11(8-17)16(2)7-12/h3-7,15,17H,8H2,1-2H3. The molecule has 1 aromatic carbocycles. The highest BCUT2D eigenvalue weighted by molar-refractivity contribution is 7.92. The van der Waals surface area contributed by atoms with Gasteiger partial charge in [-0.3, -0.25) is 4.72 Å². The summed E-state index contributed by atoms with van der Waals surface area (Å²) in [5.41, 5.74) is 1.07. The number of rotatable bonds is 4. The van der Waals surface area contributed by atoms with E-state index in [2.05, 4.69) is 4.72 Å². The Hall–Kier alpha value is -1.86. The summed E-state index contributed by atoms with van der Waals surface area (Å²) in [5, 5.41) is 9.07. The van der Waals surface area contributed by atoms with Gasteiger partial charge in [-0.15, -0.1) is 0 Å². The first kappa shape index (κ1) is 14.5. The summed E-state index contributed by atoms with van der Waals surface area (Å²) in [6, 6.07) is 5.48. The smallest absolute Gasteiger partial charge is 0.263 e. The zero-order valence-corrected chi connectivity index (χ0v) is 11.9. The van der Waals surface area contributed by atoms with Crippen molar-refractivity contribution in [3.63, 3.8) is 0 Å². The van der Waals surface area contributed by atoms with Crippen molar-refractivity contribution in [2.75, 3.05) is 4.72 Å². The van der Waals surface area contributed by atoms with Crippen molar-refractivity contribution in [1.82, 2.24) is 4.57 Å². The maximum atomic E-state index is 13.4. The third kappa shape index (κ3) is 2.83. The van der Waals surface area contributed by atoms with Crippen molar-refractivity contribution < 1.29 is 17.9 Å². The van der Waals surface area contributed by atoms with Gasteiger partial charge in [-0.05, 0) is 30.7 Å². The lowest BCUT2D eigenvalue weighted by Crippen LogP contribution is -2.12. The Morgan fingerprint density at radius 2 is 2.05 bits per heavy atom. The summed E-state index contributed by atoms with van der Waals surface area (Å²) >= 11 is 0. The molecule has 2 aromatic rings. The van der Waals surface area contributed by atoms with Crippen LogP contribution in [0.15, 0.2) is 35.4 Å². The molecular formula is C13H15FN2O3S. The highest BCUT2D eigenvalue weighted by atomic mass is 32.2. The second-order valence-electron chi connectivity index (χ2n) is 4.51. The average molecular weight is 298 g/mol. The van der Waals surface area contributed by atoms with Crippen LogP contribution in [0.2, 0.25) is 0 Å². The third-order valence-corrected chi connectivity index (χ3v) is 4.33. The van der Waals surface area contributed by atoms with Crippen LogP contribution in [-0.4, -0.2) is 18.1 Å². The van der Waals surface area contributed by atoms with Gasteiger partial charge in [0.2, 0.25) is 0 Å².